The average molecular weight is 330 g/mol. The smallest absolute Gasteiger partial charge is 0.120 e. The van der Waals surface area contributed by atoms with Crippen molar-refractivity contribution in [3.8, 4) is 5.75 Å². The highest BCUT2D eigenvalue weighted by Gasteiger charge is 2.24. The molecule has 1 aromatic carbocycles. The SMILES string of the molecule is CCC(CC)(CO)CNCCOc1cccc(Br)c1. The van der Waals surface area contributed by atoms with Crippen LogP contribution in [0.4, 0.5) is 0 Å². The summed E-state index contributed by atoms with van der Waals surface area (Å²) in [6.07, 6.45) is 1.97. The molecule has 0 aromatic heterocycles. The Kier molecular flexibility index (Phi) is 7.42. The highest BCUT2D eigenvalue weighted by atomic mass is 79.9. The minimum Gasteiger partial charge on any atom is -0.492 e. The minimum atomic E-state index is 0.00970. The molecule has 4 heteroatoms. The van der Waals surface area contributed by atoms with Gasteiger partial charge in [-0.05, 0) is 31.0 Å². The number of rotatable bonds is 9. The number of hydrogen-bond acceptors (Lipinski definition) is 3. The van der Waals surface area contributed by atoms with E-state index >= 15 is 0 Å². The molecule has 0 fully saturated rings. The molecule has 108 valence electrons. The molecule has 0 atom stereocenters. The van der Waals surface area contributed by atoms with Crippen LogP contribution in [-0.2, 0) is 0 Å². The Morgan fingerprint density at radius 2 is 2.05 bits per heavy atom. The Balaban J connectivity index is 2.24. The topological polar surface area (TPSA) is 41.5 Å². The van der Waals surface area contributed by atoms with E-state index in [1.165, 1.54) is 0 Å². The van der Waals surface area contributed by atoms with Gasteiger partial charge in [-0.15, -0.1) is 0 Å². The third kappa shape index (κ3) is 5.51. The Morgan fingerprint density at radius 1 is 1.32 bits per heavy atom. The normalized spacial score (nSPS) is 11.6. The predicted octanol–water partition coefficient (Wildman–Crippen LogP) is 3.22. The van der Waals surface area contributed by atoms with Gasteiger partial charge in [-0.25, -0.2) is 0 Å². The summed E-state index contributed by atoms with van der Waals surface area (Å²) < 4.78 is 6.67. The van der Waals surface area contributed by atoms with Crippen LogP contribution in [0.15, 0.2) is 28.7 Å². The lowest BCUT2D eigenvalue weighted by Gasteiger charge is -2.29. The molecule has 0 bridgehead atoms. The first-order chi connectivity index (χ1) is 9.15. The highest BCUT2D eigenvalue weighted by molar-refractivity contribution is 9.10. The summed E-state index contributed by atoms with van der Waals surface area (Å²) in [5.74, 6) is 0.871. The maximum Gasteiger partial charge on any atom is 0.120 e. The summed E-state index contributed by atoms with van der Waals surface area (Å²) in [7, 11) is 0. The van der Waals surface area contributed by atoms with Crippen molar-refractivity contribution in [3.05, 3.63) is 28.7 Å². The maximum absolute atomic E-state index is 9.47. The van der Waals surface area contributed by atoms with Crippen molar-refractivity contribution >= 4 is 15.9 Å². The monoisotopic (exact) mass is 329 g/mol. The van der Waals surface area contributed by atoms with Gasteiger partial charge in [0.2, 0.25) is 0 Å². The number of halogens is 1. The highest BCUT2D eigenvalue weighted by Crippen LogP contribution is 2.24. The van der Waals surface area contributed by atoms with E-state index in [-0.39, 0.29) is 12.0 Å². The zero-order chi connectivity index (χ0) is 14.1. The van der Waals surface area contributed by atoms with Gasteiger partial charge >= 0.3 is 0 Å². The summed E-state index contributed by atoms with van der Waals surface area (Å²) in [5.41, 5.74) is 0.00970. The molecule has 0 saturated carbocycles. The lowest BCUT2D eigenvalue weighted by Crippen LogP contribution is -2.38. The second kappa shape index (κ2) is 8.56. The van der Waals surface area contributed by atoms with Gasteiger partial charge in [0.15, 0.2) is 0 Å². The minimum absolute atomic E-state index is 0.00970. The molecule has 0 heterocycles. The van der Waals surface area contributed by atoms with Crippen molar-refractivity contribution in [2.24, 2.45) is 5.41 Å². The van der Waals surface area contributed by atoms with E-state index in [1.54, 1.807) is 0 Å². The Morgan fingerprint density at radius 3 is 2.63 bits per heavy atom. The van der Waals surface area contributed by atoms with Gasteiger partial charge in [-0.1, -0.05) is 35.8 Å². The van der Waals surface area contributed by atoms with Crippen molar-refractivity contribution in [2.75, 3.05) is 26.3 Å². The molecule has 1 aromatic rings. The molecule has 0 spiro atoms. The maximum atomic E-state index is 9.47. The second-order valence-corrected chi connectivity index (χ2v) is 5.76. The second-order valence-electron chi connectivity index (χ2n) is 4.85. The molecular weight excluding hydrogens is 306 g/mol. The molecule has 2 N–H and O–H groups in total. The number of aliphatic hydroxyl groups excluding tert-OH is 1. The first-order valence-electron chi connectivity index (χ1n) is 6.85. The van der Waals surface area contributed by atoms with Crippen LogP contribution in [0, 0.1) is 5.41 Å². The van der Waals surface area contributed by atoms with Crippen LogP contribution in [0.5, 0.6) is 5.75 Å². The standard InChI is InChI=1S/C15H24BrNO2/c1-3-15(4-2,12-18)11-17-8-9-19-14-7-5-6-13(16)10-14/h5-7,10,17-18H,3-4,8-9,11-12H2,1-2H3. The largest absolute Gasteiger partial charge is 0.492 e. The van der Waals surface area contributed by atoms with E-state index in [1.807, 2.05) is 24.3 Å². The molecule has 0 aliphatic rings. The molecule has 3 nitrogen and oxygen atoms in total. The number of ether oxygens (including phenoxy) is 1. The summed E-state index contributed by atoms with van der Waals surface area (Å²) in [5, 5.41) is 12.8. The average Bonchev–Trinajstić information content (AvgIpc) is 2.44. The van der Waals surface area contributed by atoms with Crippen molar-refractivity contribution < 1.29 is 9.84 Å². The lowest BCUT2D eigenvalue weighted by molar-refractivity contribution is 0.112. The third-order valence-corrected chi connectivity index (χ3v) is 4.17. The quantitative estimate of drug-likeness (QED) is 0.683. The van der Waals surface area contributed by atoms with Gasteiger partial charge in [-0.3, -0.25) is 0 Å². The Bertz CT molecular complexity index is 359. The number of benzene rings is 1. The van der Waals surface area contributed by atoms with E-state index in [2.05, 4.69) is 35.1 Å². The van der Waals surface area contributed by atoms with Crippen molar-refractivity contribution in [1.29, 1.82) is 0 Å². The molecule has 0 unspecified atom stereocenters. The fourth-order valence-corrected chi connectivity index (χ4v) is 2.31. The first kappa shape index (κ1) is 16.5. The summed E-state index contributed by atoms with van der Waals surface area (Å²) in [6.45, 7) is 6.73. The number of hydrogen-bond donors (Lipinski definition) is 2. The molecule has 0 radical (unpaired) electrons. The summed E-state index contributed by atoms with van der Waals surface area (Å²) in [4.78, 5) is 0. The van der Waals surface area contributed by atoms with Crippen molar-refractivity contribution in [3.63, 3.8) is 0 Å². The summed E-state index contributed by atoms with van der Waals surface area (Å²) >= 11 is 3.42. The van der Waals surface area contributed by atoms with E-state index in [0.29, 0.717) is 6.61 Å². The predicted molar refractivity (Wildman–Crippen MR) is 82.6 cm³/mol. The van der Waals surface area contributed by atoms with Crippen LogP contribution in [0.3, 0.4) is 0 Å². The van der Waals surface area contributed by atoms with Crippen LogP contribution in [0.1, 0.15) is 26.7 Å². The molecule has 0 aliphatic heterocycles. The van der Waals surface area contributed by atoms with Crippen LogP contribution in [0.25, 0.3) is 0 Å². The fraction of sp³-hybridized carbons (Fsp3) is 0.600. The van der Waals surface area contributed by atoms with Gasteiger partial charge in [0.1, 0.15) is 12.4 Å². The summed E-state index contributed by atoms with van der Waals surface area (Å²) in [6, 6.07) is 7.83. The molecule has 0 saturated heterocycles. The van der Waals surface area contributed by atoms with Gasteiger partial charge in [0.05, 0.1) is 0 Å². The van der Waals surface area contributed by atoms with E-state index in [4.69, 9.17) is 4.74 Å². The van der Waals surface area contributed by atoms with Crippen LogP contribution >= 0.6 is 15.9 Å². The van der Waals surface area contributed by atoms with E-state index in [0.717, 1.165) is 36.2 Å². The molecule has 0 aliphatic carbocycles. The Labute approximate surface area is 124 Å². The molecule has 1 rings (SSSR count). The van der Waals surface area contributed by atoms with Crippen LogP contribution in [-0.4, -0.2) is 31.4 Å². The Hall–Kier alpha value is -0.580. The zero-order valence-corrected chi connectivity index (χ0v) is 13.4. The number of aliphatic hydroxyl groups is 1. The lowest BCUT2D eigenvalue weighted by atomic mass is 9.83. The van der Waals surface area contributed by atoms with Gasteiger partial charge in [0, 0.05) is 29.6 Å². The first-order valence-corrected chi connectivity index (χ1v) is 7.65. The molecule has 19 heavy (non-hydrogen) atoms. The van der Waals surface area contributed by atoms with E-state index < -0.39 is 0 Å². The van der Waals surface area contributed by atoms with E-state index in [9.17, 15) is 5.11 Å². The zero-order valence-electron chi connectivity index (χ0n) is 11.8. The van der Waals surface area contributed by atoms with Crippen molar-refractivity contribution in [2.45, 2.75) is 26.7 Å². The molecule has 0 amide bonds. The molecular formula is C15H24BrNO2. The van der Waals surface area contributed by atoms with Gasteiger partial charge < -0.3 is 15.2 Å². The van der Waals surface area contributed by atoms with Crippen LogP contribution in [0.2, 0.25) is 0 Å². The van der Waals surface area contributed by atoms with Gasteiger partial charge in [-0.2, -0.15) is 0 Å². The van der Waals surface area contributed by atoms with Gasteiger partial charge in [0.25, 0.3) is 0 Å². The van der Waals surface area contributed by atoms with Crippen LogP contribution < -0.4 is 10.1 Å². The fourth-order valence-electron chi connectivity index (χ4n) is 1.93. The number of nitrogens with one attached hydrogen (secondary N) is 1. The third-order valence-electron chi connectivity index (χ3n) is 3.68. The van der Waals surface area contributed by atoms with Crippen molar-refractivity contribution in [1.82, 2.24) is 5.32 Å².